The van der Waals surface area contributed by atoms with Crippen LogP contribution in [0.1, 0.15) is 59.9 Å². The van der Waals surface area contributed by atoms with Crippen molar-refractivity contribution < 1.29 is 9.47 Å². The average molecular weight is 290 g/mol. The molecule has 2 heteroatoms. The molecule has 0 N–H and O–H groups in total. The third-order valence-corrected chi connectivity index (χ3v) is 3.99. The minimum atomic E-state index is -0.0850. The van der Waals surface area contributed by atoms with Crippen LogP contribution in [0.5, 0.6) is 11.5 Å². The SMILES string of the molecule is CC(C)CC(C)CC(C)Oc1ccc2c(c1)OC(C)(C)C2. The molecule has 1 aromatic carbocycles. The van der Waals surface area contributed by atoms with Gasteiger partial charge >= 0.3 is 0 Å². The summed E-state index contributed by atoms with van der Waals surface area (Å²) < 4.78 is 12.1. The molecule has 0 aliphatic carbocycles. The predicted molar refractivity (Wildman–Crippen MR) is 88.2 cm³/mol. The summed E-state index contributed by atoms with van der Waals surface area (Å²) in [6, 6.07) is 6.27. The number of benzene rings is 1. The summed E-state index contributed by atoms with van der Waals surface area (Å²) in [4.78, 5) is 0. The van der Waals surface area contributed by atoms with E-state index in [1.807, 2.05) is 6.07 Å². The van der Waals surface area contributed by atoms with Crippen molar-refractivity contribution in [1.29, 1.82) is 0 Å². The molecule has 1 aromatic rings. The van der Waals surface area contributed by atoms with Crippen molar-refractivity contribution in [3.63, 3.8) is 0 Å². The molecule has 0 bridgehead atoms. The maximum Gasteiger partial charge on any atom is 0.127 e. The molecule has 0 aromatic heterocycles. The van der Waals surface area contributed by atoms with Gasteiger partial charge in [-0.25, -0.2) is 0 Å². The first-order valence-electron chi connectivity index (χ1n) is 8.24. The first-order chi connectivity index (χ1) is 9.75. The van der Waals surface area contributed by atoms with E-state index in [2.05, 4.69) is 53.7 Å². The maximum atomic E-state index is 6.08. The van der Waals surface area contributed by atoms with Crippen LogP contribution in [-0.2, 0) is 6.42 Å². The number of ether oxygens (including phenoxy) is 2. The molecule has 1 aliphatic heterocycles. The van der Waals surface area contributed by atoms with Gasteiger partial charge in [-0.2, -0.15) is 0 Å². The van der Waals surface area contributed by atoms with E-state index in [1.54, 1.807) is 0 Å². The standard InChI is InChI=1S/C19H30O2/c1-13(2)9-14(3)10-15(4)20-17-8-7-16-12-19(5,6)21-18(16)11-17/h7-8,11,13-15H,9-10,12H2,1-6H3. The number of rotatable bonds is 6. The fourth-order valence-corrected chi connectivity index (χ4v) is 3.39. The van der Waals surface area contributed by atoms with Gasteiger partial charge in [0, 0.05) is 12.5 Å². The Bertz CT molecular complexity index is 476. The molecule has 118 valence electrons. The molecule has 2 unspecified atom stereocenters. The molecule has 1 aliphatic rings. The summed E-state index contributed by atoms with van der Waals surface area (Å²) in [6.07, 6.45) is 3.58. The quantitative estimate of drug-likeness (QED) is 0.713. The molecule has 0 amide bonds. The van der Waals surface area contributed by atoms with Crippen molar-refractivity contribution in [1.82, 2.24) is 0 Å². The summed E-state index contributed by atoms with van der Waals surface area (Å²) in [5.41, 5.74) is 1.20. The Kier molecular flexibility index (Phi) is 4.85. The Morgan fingerprint density at radius 2 is 1.86 bits per heavy atom. The Morgan fingerprint density at radius 1 is 1.14 bits per heavy atom. The Balaban J connectivity index is 1.92. The second kappa shape index (κ2) is 6.29. The van der Waals surface area contributed by atoms with Crippen molar-refractivity contribution >= 4 is 0 Å². The van der Waals surface area contributed by atoms with E-state index in [4.69, 9.17) is 9.47 Å². The summed E-state index contributed by atoms with van der Waals surface area (Å²) in [6.45, 7) is 13.3. The largest absolute Gasteiger partial charge is 0.491 e. The fourth-order valence-electron chi connectivity index (χ4n) is 3.39. The van der Waals surface area contributed by atoms with Crippen LogP contribution in [-0.4, -0.2) is 11.7 Å². The normalized spacial score (nSPS) is 19.0. The monoisotopic (exact) mass is 290 g/mol. The van der Waals surface area contributed by atoms with Crippen molar-refractivity contribution in [2.75, 3.05) is 0 Å². The molecule has 2 rings (SSSR count). The minimum absolute atomic E-state index is 0.0850. The lowest BCUT2D eigenvalue weighted by molar-refractivity contribution is 0.137. The van der Waals surface area contributed by atoms with Crippen molar-refractivity contribution in [3.8, 4) is 11.5 Å². The lowest BCUT2D eigenvalue weighted by Gasteiger charge is -2.20. The van der Waals surface area contributed by atoms with Gasteiger partial charge in [-0.1, -0.05) is 26.8 Å². The molecule has 1 heterocycles. The van der Waals surface area contributed by atoms with Gasteiger partial charge in [0.05, 0.1) is 6.10 Å². The van der Waals surface area contributed by atoms with Crippen LogP contribution in [0.2, 0.25) is 0 Å². The van der Waals surface area contributed by atoms with Gasteiger partial charge in [0.15, 0.2) is 0 Å². The third-order valence-electron chi connectivity index (χ3n) is 3.99. The van der Waals surface area contributed by atoms with E-state index in [0.717, 1.165) is 30.3 Å². The molecule has 2 atom stereocenters. The molecule has 0 saturated carbocycles. The Labute approximate surface area is 129 Å². The highest BCUT2D eigenvalue weighted by Gasteiger charge is 2.30. The first kappa shape index (κ1) is 16.2. The number of fused-ring (bicyclic) bond motifs is 1. The second-order valence-corrected chi connectivity index (χ2v) is 7.71. The highest BCUT2D eigenvalue weighted by Crippen LogP contribution is 2.37. The van der Waals surface area contributed by atoms with E-state index < -0.39 is 0 Å². The van der Waals surface area contributed by atoms with Gasteiger partial charge in [-0.05, 0) is 57.1 Å². The van der Waals surface area contributed by atoms with Crippen LogP contribution in [0.3, 0.4) is 0 Å². The fraction of sp³-hybridized carbons (Fsp3) is 0.684. The Morgan fingerprint density at radius 3 is 2.52 bits per heavy atom. The first-order valence-corrected chi connectivity index (χ1v) is 8.24. The van der Waals surface area contributed by atoms with Crippen LogP contribution in [0.15, 0.2) is 18.2 Å². The van der Waals surface area contributed by atoms with Gasteiger partial charge < -0.3 is 9.47 Å². The topological polar surface area (TPSA) is 18.5 Å². The highest BCUT2D eigenvalue weighted by molar-refractivity contribution is 5.44. The minimum Gasteiger partial charge on any atom is -0.491 e. The maximum absolute atomic E-state index is 6.08. The van der Waals surface area contributed by atoms with Gasteiger partial charge in [0.1, 0.15) is 17.1 Å². The van der Waals surface area contributed by atoms with Crippen molar-refractivity contribution in [3.05, 3.63) is 23.8 Å². The molecular formula is C19H30O2. The summed E-state index contributed by atoms with van der Waals surface area (Å²) >= 11 is 0. The summed E-state index contributed by atoms with van der Waals surface area (Å²) in [5, 5.41) is 0. The molecule has 0 radical (unpaired) electrons. The smallest absolute Gasteiger partial charge is 0.127 e. The van der Waals surface area contributed by atoms with Crippen LogP contribution >= 0.6 is 0 Å². The van der Waals surface area contributed by atoms with Gasteiger partial charge in [-0.3, -0.25) is 0 Å². The van der Waals surface area contributed by atoms with E-state index in [9.17, 15) is 0 Å². The zero-order chi connectivity index (χ0) is 15.6. The lowest BCUT2D eigenvalue weighted by Crippen LogP contribution is -2.24. The van der Waals surface area contributed by atoms with E-state index in [0.29, 0.717) is 5.92 Å². The molecular weight excluding hydrogens is 260 g/mol. The number of hydrogen-bond donors (Lipinski definition) is 0. The Hall–Kier alpha value is -1.18. The molecule has 0 saturated heterocycles. The van der Waals surface area contributed by atoms with E-state index >= 15 is 0 Å². The van der Waals surface area contributed by atoms with E-state index in [-0.39, 0.29) is 11.7 Å². The van der Waals surface area contributed by atoms with Crippen molar-refractivity contribution in [2.45, 2.75) is 72.5 Å². The molecule has 0 fully saturated rings. The summed E-state index contributed by atoms with van der Waals surface area (Å²) in [7, 11) is 0. The van der Waals surface area contributed by atoms with Gasteiger partial charge in [0.2, 0.25) is 0 Å². The van der Waals surface area contributed by atoms with E-state index in [1.165, 1.54) is 12.0 Å². The van der Waals surface area contributed by atoms with Crippen LogP contribution in [0.4, 0.5) is 0 Å². The van der Waals surface area contributed by atoms with Gasteiger partial charge in [0.25, 0.3) is 0 Å². The zero-order valence-corrected chi connectivity index (χ0v) is 14.4. The lowest BCUT2D eigenvalue weighted by atomic mass is 9.94. The number of hydrogen-bond acceptors (Lipinski definition) is 2. The predicted octanol–water partition coefficient (Wildman–Crippen LogP) is 5.24. The van der Waals surface area contributed by atoms with Crippen LogP contribution < -0.4 is 9.47 Å². The molecule has 2 nitrogen and oxygen atoms in total. The zero-order valence-electron chi connectivity index (χ0n) is 14.4. The highest BCUT2D eigenvalue weighted by atomic mass is 16.5. The second-order valence-electron chi connectivity index (χ2n) is 7.71. The van der Waals surface area contributed by atoms with Gasteiger partial charge in [-0.15, -0.1) is 0 Å². The third kappa shape index (κ3) is 4.66. The molecule has 0 spiro atoms. The molecule has 21 heavy (non-hydrogen) atoms. The summed E-state index contributed by atoms with van der Waals surface area (Å²) in [5.74, 6) is 3.36. The van der Waals surface area contributed by atoms with Crippen LogP contribution in [0, 0.1) is 11.8 Å². The van der Waals surface area contributed by atoms with Crippen molar-refractivity contribution in [2.24, 2.45) is 11.8 Å². The van der Waals surface area contributed by atoms with Crippen LogP contribution in [0.25, 0.3) is 0 Å². The average Bonchev–Trinajstić information content (AvgIpc) is 2.60.